The van der Waals surface area contributed by atoms with Crippen molar-refractivity contribution < 1.29 is 13.9 Å². The third-order valence-corrected chi connectivity index (χ3v) is 3.55. The molecule has 118 valence electrons. The maximum absolute atomic E-state index is 13.7. The molecular formula is C17H26FNO2. The van der Waals surface area contributed by atoms with Gasteiger partial charge in [0.2, 0.25) is 0 Å². The first-order chi connectivity index (χ1) is 10.3. The number of hydrogen-bond donors (Lipinski definition) is 1. The lowest BCUT2D eigenvalue weighted by Crippen LogP contribution is -2.15. The van der Waals surface area contributed by atoms with Gasteiger partial charge in [-0.3, -0.25) is 0 Å². The Bertz CT molecular complexity index is 421. The standard InChI is InChI=1S/C17H26FNO2/c1-2-3-8-20-9-10-21-13-15-11-14(4-7-17(15)18)12-19-16-5-6-16/h4,7,11,16,19H,2-3,5-6,8-10,12-13H2,1H3. The smallest absolute Gasteiger partial charge is 0.128 e. The van der Waals surface area contributed by atoms with Crippen molar-refractivity contribution in [3.05, 3.63) is 35.1 Å². The predicted molar refractivity (Wildman–Crippen MR) is 81.6 cm³/mol. The van der Waals surface area contributed by atoms with Gasteiger partial charge in [-0.15, -0.1) is 0 Å². The van der Waals surface area contributed by atoms with Crippen LogP contribution in [0.25, 0.3) is 0 Å². The van der Waals surface area contributed by atoms with E-state index < -0.39 is 0 Å². The van der Waals surface area contributed by atoms with E-state index in [9.17, 15) is 4.39 Å². The number of ether oxygens (including phenoxy) is 2. The molecule has 1 aromatic carbocycles. The van der Waals surface area contributed by atoms with Crippen LogP contribution in [-0.4, -0.2) is 25.9 Å². The van der Waals surface area contributed by atoms with E-state index in [1.54, 1.807) is 0 Å². The molecule has 0 aliphatic heterocycles. The number of hydrogen-bond acceptors (Lipinski definition) is 3. The van der Waals surface area contributed by atoms with Crippen LogP contribution >= 0.6 is 0 Å². The summed E-state index contributed by atoms with van der Waals surface area (Å²) in [5.41, 5.74) is 1.74. The van der Waals surface area contributed by atoms with Crippen LogP contribution in [0.4, 0.5) is 4.39 Å². The Hall–Kier alpha value is -0.970. The van der Waals surface area contributed by atoms with E-state index in [0.717, 1.165) is 31.6 Å². The Morgan fingerprint density at radius 3 is 2.76 bits per heavy atom. The monoisotopic (exact) mass is 295 g/mol. The van der Waals surface area contributed by atoms with Gasteiger partial charge in [0.05, 0.1) is 19.8 Å². The Balaban J connectivity index is 1.67. The average Bonchev–Trinajstić information content (AvgIpc) is 3.31. The molecule has 0 atom stereocenters. The third kappa shape index (κ3) is 6.55. The molecule has 1 aliphatic rings. The highest BCUT2D eigenvalue weighted by Crippen LogP contribution is 2.20. The number of rotatable bonds is 11. The molecule has 0 unspecified atom stereocenters. The second kappa shape index (κ2) is 9.13. The van der Waals surface area contributed by atoms with Crippen LogP contribution < -0.4 is 5.32 Å². The van der Waals surface area contributed by atoms with E-state index in [0.29, 0.717) is 31.4 Å². The van der Waals surface area contributed by atoms with E-state index >= 15 is 0 Å². The topological polar surface area (TPSA) is 30.5 Å². The highest BCUT2D eigenvalue weighted by Gasteiger charge is 2.20. The summed E-state index contributed by atoms with van der Waals surface area (Å²) in [6.07, 6.45) is 4.73. The molecule has 0 spiro atoms. The molecule has 1 aromatic rings. The maximum Gasteiger partial charge on any atom is 0.128 e. The van der Waals surface area contributed by atoms with Gasteiger partial charge >= 0.3 is 0 Å². The highest BCUT2D eigenvalue weighted by atomic mass is 19.1. The normalized spacial score (nSPS) is 14.6. The summed E-state index contributed by atoms with van der Waals surface area (Å²) >= 11 is 0. The average molecular weight is 295 g/mol. The van der Waals surface area contributed by atoms with Crippen LogP contribution in [0.2, 0.25) is 0 Å². The van der Waals surface area contributed by atoms with E-state index in [1.807, 2.05) is 12.1 Å². The van der Waals surface area contributed by atoms with E-state index in [-0.39, 0.29) is 5.82 Å². The summed E-state index contributed by atoms with van der Waals surface area (Å²) < 4.78 is 24.6. The molecule has 1 N–H and O–H groups in total. The van der Waals surface area contributed by atoms with E-state index in [2.05, 4.69) is 12.2 Å². The molecule has 0 saturated heterocycles. The van der Waals surface area contributed by atoms with Crippen molar-refractivity contribution in [1.82, 2.24) is 5.32 Å². The highest BCUT2D eigenvalue weighted by molar-refractivity contribution is 5.24. The van der Waals surface area contributed by atoms with Crippen molar-refractivity contribution >= 4 is 0 Å². The Morgan fingerprint density at radius 1 is 1.19 bits per heavy atom. The minimum absolute atomic E-state index is 0.197. The lowest BCUT2D eigenvalue weighted by atomic mass is 10.1. The van der Waals surface area contributed by atoms with Crippen molar-refractivity contribution in [2.24, 2.45) is 0 Å². The van der Waals surface area contributed by atoms with Crippen LogP contribution in [0.5, 0.6) is 0 Å². The third-order valence-electron chi connectivity index (χ3n) is 3.55. The van der Waals surface area contributed by atoms with Crippen LogP contribution in [-0.2, 0) is 22.6 Å². The van der Waals surface area contributed by atoms with Crippen LogP contribution in [0, 0.1) is 5.82 Å². The fourth-order valence-electron chi connectivity index (χ4n) is 2.05. The summed E-state index contributed by atoms with van der Waals surface area (Å²) in [6.45, 7) is 5.10. The first-order valence-corrected chi connectivity index (χ1v) is 7.95. The lowest BCUT2D eigenvalue weighted by Gasteiger charge is -2.09. The minimum atomic E-state index is -0.197. The second-order valence-corrected chi connectivity index (χ2v) is 5.60. The van der Waals surface area contributed by atoms with Gasteiger partial charge in [0.1, 0.15) is 5.82 Å². The summed E-state index contributed by atoms with van der Waals surface area (Å²) in [7, 11) is 0. The molecule has 3 nitrogen and oxygen atoms in total. The van der Waals surface area contributed by atoms with Crippen molar-refractivity contribution in [3.8, 4) is 0 Å². The second-order valence-electron chi connectivity index (χ2n) is 5.60. The number of unbranched alkanes of at least 4 members (excludes halogenated alkanes) is 1. The molecule has 1 saturated carbocycles. The quantitative estimate of drug-likeness (QED) is 0.635. The first-order valence-electron chi connectivity index (χ1n) is 7.95. The summed E-state index contributed by atoms with van der Waals surface area (Å²) in [6, 6.07) is 5.92. The van der Waals surface area contributed by atoms with Gasteiger partial charge in [-0.25, -0.2) is 4.39 Å². The fraction of sp³-hybridized carbons (Fsp3) is 0.647. The zero-order chi connectivity index (χ0) is 14.9. The SMILES string of the molecule is CCCCOCCOCc1cc(CNC2CC2)ccc1F. The lowest BCUT2D eigenvalue weighted by molar-refractivity contribution is 0.0387. The van der Waals surface area contributed by atoms with E-state index in [4.69, 9.17) is 9.47 Å². The molecule has 0 bridgehead atoms. The molecule has 21 heavy (non-hydrogen) atoms. The summed E-state index contributed by atoms with van der Waals surface area (Å²) in [5.74, 6) is -0.197. The van der Waals surface area contributed by atoms with Crippen LogP contribution in [0.3, 0.4) is 0 Å². The Kier molecular flexibility index (Phi) is 7.13. The molecule has 0 heterocycles. The number of halogens is 1. The van der Waals surface area contributed by atoms with Crippen molar-refractivity contribution in [2.45, 2.75) is 51.8 Å². The van der Waals surface area contributed by atoms with Gasteiger partial charge in [0.25, 0.3) is 0 Å². The van der Waals surface area contributed by atoms with Gasteiger partial charge in [0.15, 0.2) is 0 Å². The molecule has 1 aliphatic carbocycles. The van der Waals surface area contributed by atoms with E-state index in [1.165, 1.54) is 18.9 Å². The summed E-state index contributed by atoms with van der Waals surface area (Å²) in [4.78, 5) is 0. The summed E-state index contributed by atoms with van der Waals surface area (Å²) in [5, 5.41) is 3.43. The maximum atomic E-state index is 13.7. The minimum Gasteiger partial charge on any atom is -0.379 e. The Morgan fingerprint density at radius 2 is 2.00 bits per heavy atom. The van der Waals surface area contributed by atoms with Gasteiger partial charge in [-0.1, -0.05) is 19.4 Å². The van der Waals surface area contributed by atoms with Gasteiger partial charge < -0.3 is 14.8 Å². The molecule has 1 fully saturated rings. The Labute approximate surface area is 126 Å². The zero-order valence-corrected chi connectivity index (χ0v) is 12.9. The largest absolute Gasteiger partial charge is 0.379 e. The van der Waals surface area contributed by atoms with Crippen LogP contribution in [0.1, 0.15) is 43.7 Å². The van der Waals surface area contributed by atoms with Crippen molar-refractivity contribution in [1.29, 1.82) is 0 Å². The van der Waals surface area contributed by atoms with Crippen molar-refractivity contribution in [3.63, 3.8) is 0 Å². The first kappa shape index (κ1) is 16.4. The molecule has 0 aromatic heterocycles. The number of benzene rings is 1. The zero-order valence-electron chi connectivity index (χ0n) is 12.9. The fourth-order valence-corrected chi connectivity index (χ4v) is 2.05. The molecule has 0 amide bonds. The van der Waals surface area contributed by atoms with Crippen molar-refractivity contribution in [2.75, 3.05) is 19.8 Å². The molecular weight excluding hydrogens is 269 g/mol. The van der Waals surface area contributed by atoms with Gasteiger partial charge in [0, 0.05) is 24.8 Å². The van der Waals surface area contributed by atoms with Gasteiger partial charge in [-0.05, 0) is 37.0 Å². The predicted octanol–water partition coefficient (Wildman–Crippen LogP) is 3.41. The molecule has 2 rings (SSSR count). The van der Waals surface area contributed by atoms with Gasteiger partial charge in [-0.2, -0.15) is 0 Å². The number of nitrogens with one attached hydrogen (secondary N) is 1. The molecule has 4 heteroatoms. The van der Waals surface area contributed by atoms with Crippen LogP contribution in [0.15, 0.2) is 18.2 Å². The molecule has 0 radical (unpaired) electrons.